The Kier molecular flexibility index (Phi) is 8.61. The van der Waals surface area contributed by atoms with Crippen LogP contribution in [0.2, 0.25) is 0 Å². The zero-order valence-electron chi connectivity index (χ0n) is 26.7. The predicted molar refractivity (Wildman–Crippen MR) is 176 cm³/mol. The molecule has 2 aliphatic heterocycles. The second kappa shape index (κ2) is 12.8. The molecule has 2 heterocycles. The largest absolute Gasteiger partial charge is 0.508 e. The Morgan fingerprint density at radius 3 is 2.16 bits per heavy atom. The van der Waals surface area contributed by atoms with Gasteiger partial charge in [-0.25, -0.2) is 9.18 Å². The van der Waals surface area contributed by atoms with E-state index < -0.39 is 59.6 Å². The van der Waals surface area contributed by atoms with Crippen LogP contribution in [0.4, 0.5) is 10.1 Å². The molecular weight excluding hydrogens is 649 g/mol. The van der Waals surface area contributed by atoms with Crippen molar-refractivity contribution in [3.63, 3.8) is 0 Å². The number of aliphatic hydroxyl groups excluding tert-OH is 3. The standard InChI is InChI=1S/C38H36FNO10/c39-24-12-10-23(11-13-24)38(48)17-15-37(16-18-38)33(40(36(37)47)25-6-2-1-3-7-25)27-14-9-22(21-5-4-8-26(41)19-21)20-28(27)49-35-31(44)29(42)30(43)32(50-35)34(45)46/h1-14,19-20,29-33,35,41-44,48H,15-18H2,(H,45,46)/t29?,30-,31?,32?,33+,35+,37?,38?/m0/s1. The molecule has 4 aromatic carbocycles. The number of carbonyl (C=O) groups excluding carboxylic acids is 1. The average Bonchev–Trinajstić information content (AvgIpc) is 3.11. The van der Waals surface area contributed by atoms with Crippen LogP contribution in [0, 0.1) is 11.2 Å². The second-order valence-corrected chi connectivity index (χ2v) is 13.3. The Bertz CT molecular complexity index is 1900. The number of carboxylic acids is 1. The molecule has 2 saturated heterocycles. The highest BCUT2D eigenvalue weighted by Gasteiger charge is 2.64. The zero-order chi connectivity index (χ0) is 35.4. The van der Waals surface area contributed by atoms with Crippen molar-refractivity contribution in [2.45, 2.75) is 68.0 Å². The van der Waals surface area contributed by atoms with Crippen LogP contribution >= 0.6 is 0 Å². The molecule has 1 aliphatic carbocycles. The Morgan fingerprint density at radius 1 is 0.820 bits per heavy atom. The number of nitrogens with zero attached hydrogens (tertiary/aromatic N) is 1. The summed E-state index contributed by atoms with van der Waals surface area (Å²) >= 11 is 0. The summed E-state index contributed by atoms with van der Waals surface area (Å²) in [6.45, 7) is 0. The van der Waals surface area contributed by atoms with Crippen LogP contribution in [-0.4, -0.2) is 73.2 Å². The Labute approximate surface area is 286 Å². The van der Waals surface area contributed by atoms with Gasteiger partial charge in [-0.15, -0.1) is 0 Å². The third-order valence-electron chi connectivity index (χ3n) is 10.4. The molecule has 0 radical (unpaired) electrons. The number of rotatable bonds is 7. The molecule has 1 saturated carbocycles. The van der Waals surface area contributed by atoms with E-state index >= 15 is 0 Å². The average molecular weight is 686 g/mol. The smallest absolute Gasteiger partial charge is 0.335 e. The minimum Gasteiger partial charge on any atom is -0.508 e. The number of carbonyl (C=O) groups is 2. The third-order valence-corrected chi connectivity index (χ3v) is 10.4. The van der Waals surface area contributed by atoms with Crippen LogP contribution in [0.5, 0.6) is 11.5 Å². The van der Waals surface area contributed by atoms with Gasteiger partial charge in [0.05, 0.1) is 17.1 Å². The number of halogens is 1. The molecule has 0 bridgehead atoms. The van der Waals surface area contributed by atoms with Crippen LogP contribution in [0.3, 0.4) is 0 Å². The molecule has 1 amide bonds. The van der Waals surface area contributed by atoms with Crippen molar-refractivity contribution < 1.29 is 54.1 Å². The Hall–Kier alpha value is -4.85. The number of aliphatic hydroxyl groups is 4. The van der Waals surface area contributed by atoms with Crippen molar-refractivity contribution >= 4 is 17.6 Å². The number of phenolic OH excluding ortho intramolecular Hbond substituents is 1. The van der Waals surface area contributed by atoms with Crippen molar-refractivity contribution in [2.24, 2.45) is 5.41 Å². The van der Waals surface area contributed by atoms with Gasteiger partial charge in [0.25, 0.3) is 0 Å². The van der Waals surface area contributed by atoms with Gasteiger partial charge in [0.1, 0.15) is 35.6 Å². The normalized spacial score (nSPS) is 30.9. The van der Waals surface area contributed by atoms with Crippen LogP contribution in [0.15, 0.2) is 97.1 Å². The van der Waals surface area contributed by atoms with Crippen LogP contribution < -0.4 is 9.64 Å². The highest BCUT2D eigenvalue weighted by atomic mass is 19.1. The Balaban J connectivity index is 1.32. The fourth-order valence-electron chi connectivity index (χ4n) is 7.59. The van der Waals surface area contributed by atoms with E-state index in [1.54, 1.807) is 71.6 Å². The topological polar surface area (TPSA) is 177 Å². The highest BCUT2D eigenvalue weighted by molar-refractivity contribution is 6.06. The first-order valence-corrected chi connectivity index (χ1v) is 16.3. The number of para-hydroxylation sites is 1. The molecule has 7 rings (SSSR count). The zero-order valence-corrected chi connectivity index (χ0v) is 26.7. The number of ether oxygens (including phenoxy) is 2. The summed E-state index contributed by atoms with van der Waals surface area (Å²) in [4.78, 5) is 27.8. The maximum atomic E-state index is 14.3. The maximum absolute atomic E-state index is 14.3. The maximum Gasteiger partial charge on any atom is 0.335 e. The summed E-state index contributed by atoms with van der Waals surface area (Å²) in [7, 11) is 0. The van der Waals surface area contributed by atoms with Gasteiger partial charge in [0.2, 0.25) is 12.2 Å². The summed E-state index contributed by atoms with van der Waals surface area (Å²) in [5.41, 5.74) is 0.499. The lowest BCUT2D eigenvalue weighted by atomic mass is 9.56. The predicted octanol–water partition coefficient (Wildman–Crippen LogP) is 4.01. The number of benzene rings is 4. The quantitative estimate of drug-likeness (QED) is 0.156. The van der Waals surface area contributed by atoms with Gasteiger partial charge < -0.3 is 45.0 Å². The summed E-state index contributed by atoms with van der Waals surface area (Å²) in [5.74, 6) is -2.06. The van der Waals surface area contributed by atoms with Gasteiger partial charge in [-0.2, -0.15) is 0 Å². The summed E-state index contributed by atoms with van der Waals surface area (Å²) in [6.07, 6.45) is -8.40. The van der Waals surface area contributed by atoms with E-state index in [1.807, 2.05) is 6.07 Å². The van der Waals surface area contributed by atoms with Crippen LogP contribution in [0.1, 0.15) is 42.9 Å². The monoisotopic (exact) mass is 685 g/mol. The number of aromatic hydroxyl groups is 1. The third kappa shape index (κ3) is 5.68. The molecule has 4 aromatic rings. The lowest BCUT2D eigenvalue weighted by Gasteiger charge is -2.59. The van der Waals surface area contributed by atoms with E-state index in [4.69, 9.17) is 9.47 Å². The van der Waals surface area contributed by atoms with Crippen molar-refractivity contribution in [3.05, 3.63) is 114 Å². The number of anilines is 1. The SMILES string of the molecule is O=C(O)C1O[C@@H](Oc2cc(-c3cccc(O)c3)ccc2[C@H]2N(c3ccccc3)C(=O)C23CCC(O)(c2ccc(F)cc2)CC3)C(O)C(O)[C@@H]1O. The molecular formula is C38H36FNO10. The minimum absolute atomic E-state index is 0.0103. The highest BCUT2D eigenvalue weighted by Crippen LogP contribution is 2.62. The lowest BCUT2D eigenvalue weighted by Crippen LogP contribution is -2.65. The van der Waals surface area contributed by atoms with Gasteiger partial charge in [-0.3, -0.25) is 4.79 Å². The number of hydrogen-bond acceptors (Lipinski definition) is 9. The molecule has 12 heteroatoms. The molecule has 50 heavy (non-hydrogen) atoms. The van der Waals surface area contributed by atoms with Gasteiger partial charge in [-0.1, -0.05) is 54.6 Å². The molecule has 6 atom stereocenters. The van der Waals surface area contributed by atoms with E-state index in [9.17, 15) is 44.6 Å². The van der Waals surface area contributed by atoms with E-state index in [0.29, 0.717) is 27.9 Å². The van der Waals surface area contributed by atoms with Gasteiger partial charge in [0.15, 0.2) is 6.10 Å². The number of phenols is 1. The van der Waals surface area contributed by atoms with Crippen LogP contribution in [-0.2, 0) is 19.9 Å². The van der Waals surface area contributed by atoms with Crippen LogP contribution in [0.25, 0.3) is 11.1 Å². The molecule has 0 aromatic heterocycles. The number of carboxylic acid groups (broad SMARTS) is 1. The minimum atomic E-state index is -1.93. The van der Waals surface area contributed by atoms with E-state index in [0.717, 1.165) is 0 Å². The fourth-order valence-corrected chi connectivity index (χ4v) is 7.59. The van der Waals surface area contributed by atoms with Crippen molar-refractivity contribution in [1.82, 2.24) is 0 Å². The van der Waals surface area contributed by atoms with Crippen molar-refractivity contribution in [1.29, 1.82) is 0 Å². The molecule has 260 valence electrons. The first kappa shape index (κ1) is 33.6. The summed E-state index contributed by atoms with van der Waals surface area (Å²) in [5, 5.41) is 63.2. The lowest BCUT2D eigenvalue weighted by molar-refractivity contribution is -0.271. The molecule has 3 fully saturated rings. The summed E-state index contributed by atoms with van der Waals surface area (Å²) in [6, 6.07) is 25.6. The number of β-lactam (4-membered cyclic amide) rings is 1. The van der Waals surface area contributed by atoms with E-state index in [2.05, 4.69) is 0 Å². The molecule has 6 N–H and O–H groups in total. The number of aliphatic carboxylic acids is 1. The second-order valence-electron chi connectivity index (χ2n) is 13.3. The van der Waals surface area contributed by atoms with Gasteiger partial charge >= 0.3 is 5.97 Å². The number of hydrogen-bond donors (Lipinski definition) is 6. The van der Waals surface area contributed by atoms with E-state index in [1.165, 1.54) is 24.3 Å². The molecule has 1 spiro atoms. The fraction of sp³-hybridized carbons (Fsp3) is 0.316. The molecule has 3 aliphatic rings. The van der Waals surface area contributed by atoms with Gasteiger partial charge in [-0.05, 0) is 84.8 Å². The van der Waals surface area contributed by atoms with E-state index in [-0.39, 0.29) is 43.1 Å². The first-order valence-electron chi connectivity index (χ1n) is 16.3. The van der Waals surface area contributed by atoms with Gasteiger partial charge in [0, 0.05) is 11.3 Å². The first-order chi connectivity index (χ1) is 23.9. The molecule has 3 unspecified atom stereocenters. The number of amides is 1. The summed E-state index contributed by atoms with van der Waals surface area (Å²) < 4.78 is 25.4. The Morgan fingerprint density at radius 2 is 1.50 bits per heavy atom. The van der Waals surface area contributed by atoms with Crippen molar-refractivity contribution in [3.8, 4) is 22.6 Å². The molecule has 11 nitrogen and oxygen atoms in total. The van der Waals surface area contributed by atoms with Crippen molar-refractivity contribution in [2.75, 3.05) is 4.90 Å².